The lowest BCUT2D eigenvalue weighted by Crippen LogP contribution is -2.56. The maximum atomic E-state index is 13.3. The summed E-state index contributed by atoms with van der Waals surface area (Å²) in [6, 6.07) is 13.8. The summed E-state index contributed by atoms with van der Waals surface area (Å²) in [6.45, 7) is 2.83. The van der Waals surface area contributed by atoms with Crippen molar-refractivity contribution in [1.29, 1.82) is 0 Å². The number of ketones is 1. The van der Waals surface area contributed by atoms with Crippen LogP contribution in [0.2, 0.25) is 5.02 Å². The first-order chi connectivity index (χ1) is 16.3. The van der Waals surface area contributed by atoms with Crippen molar-refractivity contribution in [2.24, 2.45) is 0 Å². The van der Waals surface area contributed by atoms with Gasteiger partial charge in [-0.25, -0.2) is 0 Å². The zero-order valence-corrected chi connectivity index (χ0v) is 20.0. The maximum Gasteiger partial charge on any atom is 0.295 e. The Bertz CT molecular complexity index is 1210. The van der Waals surface area contributed by atoms with E-state index >= 15 is 0 Å². The molecule has 1 atom stereocenters. The van der Waals surface area contributed by atoms with Crippen LogP contribution in [0.1, 0.15) is 27.6 Å². The summed E-state index contributed by atoms with van der Waals surface area (Å²) < 4.78 is 0. The number of hydrogen-bond donors (Lipinski definition) is 1. The molecular formula is C25H26ClN5O3. The van der Waals surface area contributed by atoms with Crippen LogP contribution in [0, 0.1) is 0 Å². The molecule has 2 heterocycles. The molecule has 3 aromatic rings. The Morgan fingerprint density at radius 2 is 1.79 bits per heavy atom. The first-order valence-corrected chi connectivity index (χ1v) is 11.4. The highest BCUT2D eigenvalue weighted by Gasteiger charge is 2.35. The molecule has 4 rings (SSSR count). The van der Waals surface area contributed by atoms with Gasteiger partial charge in [0.2, 0.25) is 0 Å². The fraction of sp³-hybridized carbons (Fsp3) is 0.280. The second kappa shape index (κ2) is 9.69. The van der Waals surface area contributed by atoms with Crippen LogP contribution < -0.4 is 4.90 Å². The van der Waals surface area contributed by atoms with Crippen molar-refractivity contribution in [2.75, 3.05) is 38.6 Å². The maximum absolute atomic E-state index is 13.3. The number of carbonyl (C=O) groups excluding carboxylic acids is 3. The van der Waals surface area contributed by atoms with Gasteiger partial charge in [0.1, 0.15) is 0 Å². The third-order valence-electron chi connectivity index (χ3n) is 5.98. The molecule has 2 amide bonds. The lowest BCUT2D eigenvalue weighted by Gasteiger charge is -2.39. The molecular weight excluding hydrogens is 454 g/mol. The Balaban J connectivity index is 1.54. The van der Waals surface area contributed by atoms with Crippen molar-refractivity contribution in [1.82, 2.24) is 20.0 Å². The lowest BCUT2D eigenvalue weighted by molar-refractivity contribution is -0.130. The number of nitrogens with zero attached hydrogens (tertiary/aromatic N) is 4. The van der Waals surface area contributed by atoms with Crippen molar-refractivity contribution >= 4 is 34.9 Å². The predicted molar refractivity (Wildman–Crippen MR) is 131 cm³/mol. The average Bonchev–Trinajstić information content (AvgIpc) is 3.37. The van der Waals surface area contributed by atoms with Gasteiger partial charge in [-0.3, -0.25) is 19.5 Å². The highest BCUT2D eigenvalue weighted by atomic mass is 35.5. The number of carbonyl (C=O) groups is 3. The van der Waals surface area contributed by atoms with Gasteiger partial charge in [-0.2, -0.15) is 5.10 Å². The SMILES string of the molecule is C[C@@H]1CN(C(=O)c2ccccc2)CCN1C(=O)C(=O)c1ccc(-c2cc[nH]n2)c(Cl)c1N(C)C. The second-order valence-corrected chi connectivity index (χ2v) is 8.85. The van der Waals surface area contributed by atoms with Crippen LogP contribution in [0.4, 0.5) is 5.69 Å². The van der Waals surface area contributed by atoms with E-state index in [4.69, 9.17) is 11.6 Å². The van der Waals surface area contributed by atoms with Crippen LogP contribution in [0.3, 0.4) is 0 Å². The van der Waals surface area contributed by atoms with Gasteiger partial charge >= 0.3 is 0 Å². The number of rotatable bonds is 5. The number of anilines is 1. The molecule has 34 heavy (non-hydrogen) atoms. The number of aromatic nitrogens is 2. The van der Waals surface area contributed by atoms with Crippen LogP contribution in [-0.4, -0.2) is 77.4 Å². The summed E-state index contributed by atoms with van der Waals surface area (Å²) in [5.74, 6) is -1.32. The molecule has 0 saturated carbocycles. The molecule has 1 aromatic heterocycles. The third-order valence-corrected chi connectivity index (χ3v) is 6.36. The standard InChI is InChI=1S/C25H26ClN5O3/c1-16-15-30(24(33)17-7-5-4-6-8-17)13-14-31(16)25(34)23(32)19-10-9-18(20-11-12-27-28-20)21(26)22(19)29(2)3/h4-12,16H,13-15H2,1-3H3,(H,27,28)/t16-/m1/s1. The van der Waals surface area contributed by atoms with Gasteiger partial charge in [-0.1, -0.05) is 35.9 Å². The van der Waals surface area contributed by atoms with Crippen molar-refractivity contribution in [2.45, 2.75) is 13.0 Å². The number of amides is 2. The summed E-state index contributed by atoms with van der Waals surface area (Å²) in [7, 11) is 3.54. The number of halogens is 1. The van der Waals surface area contributed by atoms with Gasteiger partial charge in [0.25, 0.3) is 17.6 Å². The van der Waals surface area contributed by atoms with E-state index < -0.39 is 11.7 Å². The van der Waals surface area contributed by atoms with E-state index in [0.29, 0.717) is 40.6 Å². The van der Waals surface area contributed by atoms with Gasteiger partial charge < -0.3 is 14.7 Å². The topological polar surface area (TPSA) is 89.6 Å². The van der Waals surface area contributed by atoms with Crippen LogP contribution in [-0.2, 0) is 4.79 Å². The summed E-state index contributed by atoms with van der Waals surface area (Å²) in [5.41, 5.74) is 2.61. The molecule has 8 nitrogen and oxygen atoms in total. The number of H-pyrrole nitrogens is 1. The van der Waals surface area contributed by atoms with Crippen molar-refractivity contribution in [3.05, 3.63) is 70.9 Å². The van der Waals surface area contributed by atoms with E-state index in [-0.39, 0.29) is 24.1 Å². The fourth-order valence-electron chi connectivity index (χ4n) is 4.25. The monoisotopic (exact) mass is 479 g/mol. The third kappa shape index (κ3) is 4.41. The number of aromatic amines is 1. The molecule has 0 bridgehead atoms. The molecule has 1 aliphatic heterocycles. The van der Waals surface area contributed by atoms with Crippen LogP contribution in [0.15, 0.2) is 54.7 Å². The summed E-state index contributed by atoms with van der Waals surface area (Å²) >= 11 is 6.66. The number of nitrogens with one attached hydrogen (secondary N) is 1. The number of benzene rings is 2. The van der Waals surface area contributed by atoms with Crippen LogP contribution in [0.25, 0.3) is 11.3 Å². The van der Waals surface area contributed by atoms with E-state index in [1.54, 1.807) is 60.4 Å². The molecule has 1 saturated heterocycles. The highest BCUT2D eigenvalue weighted by molar-refractivity contribution is 6.46. The minimum absolute atomic E-state index is 0.0819. The molecule has 9 heteroatoms. The Morgan fingerprint density at radius 3 is 2.41 bits per heavy atom. The lowest BCUT2D eigenvalue weighted by atomic mass is 10.0. The largest absolute Gasteiger partial charge is 0.376 e. The van der Waals surface area contributed by atoms with E-state index in [0.717, 1.165) is 0 Å². The molecule has 2 aromatic carbocycles. The molecule has 0 spiro atoms. The summed E-state index contributed by atoms with van der Waals surface area (Å²) in [4.78, 5) is 44.3. The van der Waals surface area contributed by atoms with Gasteiger partial charge in [0.05, 0.1) is 22.0 Å². The molecule has 176 valence electrons. The van der Waals surface area contributed by atoms with E-state index in [9.17, 15) is 14.4 Å². The van der Waals surface area contributed by atoms with Gasteiger partial charge in [0.15, 0.2) is 0 Å². The molecule has 1 fully saturated rings. The molecule has 0 aliphatic carbocycles. The molecule has 1 aliphatic rings. The van der Waals surface area contributed by atoms with Crippen molar-refractivity contribution < 1.29 is 14.4 Å². The van der Waals surface area contributed by atoms with Crippen LogP contribution >= 0.6 is 11.6 Å². The number of piperazine rings is 1. The van der Waals surface area contributed by atoms with E-state index in [1.165, 1.54) is 4.90 Å². The predicted octanol–water partition coefficient (Wildman–Crippen LogP) is 3.35. The first-order valence-electron chi connectivity index (χ1n) is 11.0. The van der Waals surface area contributed by atoms with Gasteiger partial charge in [-0.15, -0.1) is 0 Å². The average molecular weight is 480 g/mol. The second-order valence-electron chi connectivity index (χ2n) is 8.47. The zero-order chi connectivity index (χ0) is 24.4. The van der Waals surface area contributed by atoms with E-state index in [2.05, 4.69) is 10.2 Å². The number of hydrogen-bond acceptors (Lipinski definition) is 5. The van der Waals surface area contributed by atoms with Crippen molar-refractivity contribution in [3.63, 3.8) is 0 Å². The quantitative estimate of drug-likeness (QED) is 0.447. The fourth-order valence-corrected chi connectivity index (χ4v) is 4.68. The zero-order valence-electron chi connectivity index (χ0n) is 19.3. The molecule has 0 radical (unpaired) electrons. The van der Waals surface area contributed by atoms with Gasteiger partial charge in [0, 0.05) is 57.1 Å². The Morgan fingerprint density at radius 1 is 1.06 bits per heavy atom. The number of Topliss-reactive ketones (excluding diaryl/α,β-unsaturated/α-hetero) is 1. The summed E-state index contributed by atoms with van der Waals surface area (Å²) in [6.07, 6.45) is 1.69. The first kappa shape index (κ1) is 23.5. The molecule has 1 N–H and O–H groups in total. The van der Waals surface area contributed by atoms with Crippen molar-refractivity contribution in [3.8, 4) is 11.3 Å². The summed E-state index contributed by atoms with van der Waals surface area (Å²) in [5, 5.41) is 7.26. The highest BCUT2D eigenvalue weighted by Crippen LogP contribution is 2.37. The minimum atomic E-state index is -0.631. The molecule has 0 unspecified atom stereocenters. The van der Waals surface area contributed by atoms with E-state index in [1.807, 2.05) is 25.1 Å². The Kier molecular flexibility index (Phi) is 6.70. The Hall–Kier alpha value is -3.65. The van der Waals surface area contributed by atoms with Gasteiger partial charge in [-0.05, 0) is 31.2 Å². The Labute approximate surface area is 203 Å². The smallest absolute Gasteiger partial charge is 0.295 e. The van der Waals surface area contributed by atoms with Crippen LogP contribution in [0.5, 0.6) is 0 Å². The minimum Gasteiger partial charge on any atom is -0.376 e. The normalized spacial score (nSPS) is 15.8.